The summed E-state index contributed by atoms with van der Waals surface area (Å²) in [4.78, 5) is 4.58. The van der Waals surface area contributed by atoms with E-state index in [1.54, 1.807) is 13.2 Å². The second-order valence-electron chi connectivity index (χ2n) is 7.92. The summed E-state index contributed by atoms with van der Waals surface area (Å²) in [6, 6.07) is 19.7. The Kier molecular flexibility index (Phi) is 6.28. The van der Waals surface area contributed by atoms with Gasteiger partial charge in [-0.05, 0) is 60.0 Å². The number of aryl methyl sites for hydroxylation is 1. The molecule has 3 N–H and O–H groups in total. The summed E-state index contributed by atoms with van der Waals surface area (Å²) in [5.74, 6) is 0.738. The SMILES string of the molecule is COc1ccc(C2(c3cc(Nc4ccccc4)cc(OCC(F)(F)F)c3)COC(N)=N2)cc1C. The molecule has 0 aromatic heterocycles. The molecule has 0 aliphatic carbocycles. The predicted molar refractivity (Wildman–Crippen MR) is 124 cm³/mol. The molecule has 1 atom stereocenters. The monoisotopic (exact) mass is 471 g/mol. The van der Waals surface area contributed by atoms with Crippen LogP contribution < -0.4 is 20.5 Å². The van der Waals surface area contributed by atoms with Crippen molar-refractivity contribution in [2.24, 2.45) is 10.7 Å². The Bertz CT molecular complexity index is 1200. The number of nitrogens with two attached hydrogens (primary N) is 1. The summed E-state index contributed by atoms with van der Waals surface area (Å²) < 4.78 is 54.7. The first-order valence-corrected chi connectivity index (χ1v) is 10.5. The molecule has 0 bridgehead atoms. The van der Waals surface area contributed by atoms with Crippen molar-refractivity contribution >= 4 is 17.4 Å². The zero-order valence-electron chi connectivity index (χ0n) is 18.6. The average molecular weight is 471 g/mol. The number of anilines is 2. The summed E-state index contributed by atoms with van der Waals surface area (Å²) in [5.41, 5.74) is 8.31. The van der Waals surface area contributed by atoms with Crippen molar-refractivity contribution in [2.75, 3.05) is 25.6 Å². The molecule has 3 aromatic rings. The highest BCUT2D eigenvalue weighted by atomic mass is 19.4. The van der Waals surface area contributed by atoms with Gasteiger partial charge in [-0.3, -0.25) is 0 Å². The van der Waals surface area contributed by atoms with Crippen LogP contribution in [0, 0.1) is 6.92 Å². The van der Waals surface area contributed by atoms with Gasteiger partial charge in [0.05, 0.1) is 7.11 Å². The third-order valence-electron chi connectivity index (χ3n) is 5.45. The van der Waals surface area contributed by atoms with Gasteiger partial charge in [0.1, 0.15) is 18.1 Å². The zero-order chi connectivity index (χ0) is 24.3. The summed E-state index contributed by atoms with van der Waals surface area (Å²) in [7, 11) is 1.58. The molecule has 9 heteroatoms. The van der Waals surface area contributed by atoms with Crippen molar-refractivity contribution in [3.63, 3.8) is 0 Å². The fourth-order valence-corrected chi connectivity index (χ4v) is 3.88. The van der Waals surface area contributed by atoms with E-state index in [4.69, 9.17) is 19.9 Å². The predicted octanol–water partition coefficient (Wildman–Crippen LogP) is 5.28. The highest BCUT2D eigenvalue weighted by Crippen LogP contribution is 2.42. The minimum absolute atomic E-state index is 0.00680. The van der Waals surface area contributed by atoms with Gasteiger partial charge >= 0.3 is 6.18 Å². The molecule has 1 aliphatic heterocycles. The number of amidine groups is 1. The molecular formula is C25H24F3N3O3. The Hall–Kier alpha value is -3.88. The summed E-state index contributed by atoms with van der Waals surface area (Å²) in [5, 5.41) is 3.21. The maximum atomic E-state index is 12.9. The van der Waals surface area contributed by atoms with Crippen LogP contribution in [0.3, 0.4) is 0 Å². The van der Waals surface area contributed by atoms with Crippen LogP contribution in [-0.4, -0.2) is 32.5 Å². The second kappa shape index (κ2) is 9.17. The van der Waals surface area contributed by atoms with Crippen molar-refractivity contribution in [2.45, 2.75) is 18.6 Å². The lowest BCUT2D eigenvalue weighted by Crippen LogP contribution is -2.28. The normalized spacial score (nSPS) is 17.6. The summed E-state index contributed by atoms with van der Waals surface area (Å²) >= 11 is 0. The van der Waals surface area contributed by atoms with Gasteiger partial charge in [-0.15, -0.1) is 0 Å². The quantitative estimate of drug-likeness (QED) is 0.491. The Morgan fingerprint density at radius 3 is 2.41 bits per heavy atom. The smallest absolute Gasteiger partial charge is 0.422 e. The van der Waals surface area contributed by atoms with E-state index < -0.39 is 18.3 Å². The highest BCUT2D eigenvalue weighted by molar-refractivity contribution is 5.76. The Morgan fingerprint density at radius 1 is 1.03 bits per heavy atom. The van der Waals surface area contributed by atoms with Gasteiger partial charge < -0.3 is 25.3 Å². The van der Waals surface area contributed by atoms with E-state index in [0.29, 0.717) is 17.0 Å². The van der Waals surface area contributed by atoms with Gasteiger partial charge in [0.25, 0.3) is 6.02 Å². The average Bonchev–Trinajstić information content (AvgIpc) is 3.21. The lowest BCUT2D eigenvalue weighted by Gasteiger charge is -2.27. The zero-order valence-corrected chi connectivity index (χ0v) is 18.6. The van der Waals surface area contributed by atoms with Gasteiger partial charge in [-0.2, -0.15) is 13.2 Å². The van der Waals surface area contributed by atoms with Crippen LogP contribution >= 0.6 is 0 Å². The maximum Gasteiger partial charge on any atom is 0.422 e. The minimum Gasteiger partial charge on any atom is -0.496 e. The van der Waals surface area contributed by atoms with E-state index in [0.717, 1.165) is 16.8 Å². The minimum atomic E-state index is -4.48. The van der Waals surface area contributed by atoms with Crippen molar-refractivity contribution in [3.8, 4) is 11.5 Å². The van der Waals surface area contributed by atoms with Crippen LogP contribution in [0.15, 0.2) is 71.7 Å². The van der Waals surface area contributed by atoms with E-state index >= 15 is 0 Å². The number of benzene rings is 3. The van der Waals surface area contributed by atoms with Crippen molar-refractivity contribution in [1.82, 2.24) is 0 Å². The molecule has 1 aliphatic rings. The molecule has 0 fully saturated rings. The number of alkyl halides is 3. The molecule has 6 nitrogen and oxygen atoms in total. The Labute approximate surface area is 195 Å². The van der Waals surface area contributed by atoms with Crippen molar-refractivity contribution in [1.29, 1.82) is 0 Å². The van der Waals surface area contributed by atoms with Gasteiger partial charge in [0, 0.05) is 17.4 Å². The number of aliphatic imine (C=N–C) groups is 1. The lowest BCUT2D eigenvalue weighted by molar-refractivity contribution is -0.153. The van der Waals surface area contributed by atoms with Crippen LogP contribution in [0.1, 0.15) is 16.7 Å². The molecule has 178 valence electrons. The summed E-state index contributed by atoms with van der Waals surface area (Å²) in [6.07, 6.45) is -4.48. The second-order valence-corrected chi connectivity index (χ2v) is 7.92. The molecule has 1 unspecified atom stereocenters. The largest absolute Gasteiger partial charge is 0.496 e. The first-order chi connectivity index (χ1) is 16.2. The van der Waals surface area contributed by atoms with Gasteiger partial charge in [0.2, 0.25) is 0 Å². The molecule has 0 amide bonds. The molecule has 0 saturated carbocycles. The number of methoxy groups -OCH3 is 1. The molecule has 0 saturated heterocycles. The third kappa shape index (κ3) is 5.03. The number of hydrogen-bond donors (Lipinski definition) is 2. The van der Waals surface area contributed by atoms with Crippen LogP contribution in [0.25, 0.3) is 0 Å². The standard InChI is InChI=1S/C25H24F3N3O3/c1-16-10-17(8-9-22(16)32-2)24(14-34-23(29)31-24)18-11-20(30-19-6-4-3-5-7-19)13-21(12-18)33-15-25(26,27)28/h3-13,30H,14-15H2,1-2H3,(H2,29,31). The van der Waals surface area contributed by atoms with Gasteiger partial charge in [-0.1, -0.05) is 24.3 Å². The van der Waals surface area contributed by atoms with Crippen molar-refractivity contribution in [3.05, 3.63) is 83.4 Å². The first-order valence-electron chi connectivity index (χ1n) is 10.5. The number of ether oxygens (including phenoxy) is 3. The van der Waals surface area contributed by atoms with Crippen LogP contribution in [-0.2, 0) is 10.3 Å². The first kappa shape index (κ1) is 23.3. The number of halogens is 3. The molecule has 3 aromatic carbocycles. The van der Waals surface area contributed by atoms with E-state index in [-0.39, 0.29) is 18.4 Å². The highest BCUT2D eigenvalue weighted by Gasteiger charge is 2.41. The van der Waals surface area contributed by atoms with E-state index in [9.17, 15) is 13.2 Å². The molecule has 4 rings (SSSR count). The fourth-order valence-electron chi connectivity index (χ4n) is 3.88. The van der Waals surface area contributed by atoms with Gasteiger partial charge in [0.15, 0.2) is 12.1 Å². The molecule has 1 heterocycles. The summed E-state index contributed by atoms with van der Waals surface area (Å²) in [6.45, 7) is 0.556. The number of para-hydroxylation sites is 1. The van der Waals surface area contributed by atoms with E-state index in [1.807, 2.05) is 55.5 Å². The van der Waals surface area contributed by atoms with Crippen LogP contribution in [0.2, 0.25) is 0 Å². The molecule has 0 radical (unpaired) electrons. The van der Waals surface area contributed by atoms with Gasteiger partial charge in [-0.25, -0.2) is 4.99 Å². The molecular weight excluding hydrogens is 447 g/mol. The number of nitrogens with one attached hydrogen (secondary N) is 1. The number of rotatable bonds is 7. The Balaban J connectivity index is 1.83. The third-order valence-corrected chi connectivity index (χ3v) is 5.45. The lowest BCUT2D eigenvalue weighted by atomic mass is 9.83. The van der Waals surface area contributed by atoms with E-state index in [1.165, 1.54) is 12.1 Å². The maximum absolute atomic E-state index is 12.9. The Morgan fingerprint density at radius 2 is 1.79 bits per heavy atom. The van der Waals surface area contributed by atoms with Crippen LogP contribution in [0.4, 0.5) is 24.5 Å². The topological polar surface area (TPSA) is 78.1 Å². The fraction of sp³-hybridized carbons (Fsp3) is 0.240. The molecule has 0 spiro atoms. The van der Waals surface area contributed by atoms with Crippen molar-refractivity contribution < 1.29 is 27.4 Å². The van der Waals surface area contributed by atoms with E-state index in [2.05, 4.69) is 10.3 Å². The number of hydrogen-bond acceptors (Lipinski definition) is 6. The molecule has 34 heavy (non-hydrogen) atoms. The van der Waals surface area contributed by atoms with Crippen LogP contribution in [0.5, 0.6) is 11.5 Å². The number of nitrogens with zero attached hydrogens (tertiary/aromatic N) is 1.